The molecule has 1 aromatic heterocycles. The number of hydrogen-bond donors (Lipinski definition) is 1. The number of aromatic nitrogens is 2. The quantitative estimate of drug-likeness (QED) is 0.869. The number of carbonyl (C=O) groups excluding carboxylic acids is 2. The van der Waals surface area contributed by atoms with Crippen LogP contribution < -0.4 is 5.32 Å². The Hall–Kier alpha value is -2.43. The second kappa shape index (κ2) is 5.69. The molecule has 20 heavy (non-hydrogen) atoms. The summed E-state index contributed by atoms with van der Waals surface area (Å²) in [4.78, 5) is 23.3. The number of amides is 1. The van der Waals surface area contributed by atoms with Crippen LogP contribution in [-0.2, 0) is 6.54 Å². The highest BCUT2D eigenvalue weighted by molar-refractivity contribution is 6.05. The van der Waals surface area contributed by atoms with Gasteiger partial charge in [0.25, 0.3) is 5.91 Å². The van der Waals surface area contributed by atoms with Crippen LogP contribution in [0.5, 0.6) is 0 Å². The van der Waals surface area contributed by atoms with E-state index in [1.807, 2.05) is 13.8 Å². The number of benzene rings is 1. The molecule has 0 aliphatic carbocycles. The number of anilines is 1. The number of Topliss-reactive ketones (excluding diaryl/α,β-unsaturated/α-hetero) is 1. The first-order valence-corrected chi connectivity index (χ1v) is 6.47. The molecule has 0 saturated heterocycles. The van der Waals surface area contributed by atoms with Gasteiger partial charge in [0, 0.05) is 23.5 Å². The molecular weight excluding hydrogens is 254 g/mol. The molecular formula is C15H17N3O2. The lowest BCUT2D eigenvalue weighted by atomic mass is 10.1. The number of ketones is 1. The van der Waals surface area contributed by atoms with Crippen LogP contribution in [0.25, 0.3) is 0 Å². The lowest BCUT2D eigenvalue weighted by Crippen LogP contribution is -2.13. The van der Waals surface area contributed by atoms with Gasteiger partial charge in [-0.05, 0) is 45.0 Å². The topological polar surface area (TPSA) is 64.0 Å². The fraction of sp³-hybridized carbons (Fsp3) is 0.267. The van der Waals surface area contributed by atoms with Crippen molar-refractivity contribution in [3.8, 4) is 0 Å². The average molecular weight is 271 g/mol. The van der Waals surface area contributed by atoms with Crippen molar-refractivity contribution in [3.05, 3.63) is 47.3 Å². The van der Waals surface area contributed by atoms with Crippen molar-refractivity contribution in [2.24, 2.45) is 0 Å². The second-order valence-electron chi connectivity index (χ2n) is 4.55. The average Bonchev–Trinajstić information content (AvgIpc) is 2.80. The Labute approximate surface area is 117 Å². The Kier molecular flexibility index (Phi) is 3.98. The first-order valence-electron chi connectivity index (χ1n) is 6.47. The van der Waals surface area contributed by atoms with E-state index in [9.17, 15) is 9.59 Å². The molecule has 0 fully saturated rings. The van der Waals surface area contributed by atoms with Crippen molar-refractivity contribution in [3.63, 3.8) is 0 Å². The maximum absolute atomic E-state index is 12.2. The van der Waals surface area contributed by atoms with Crippen LogP contribution in [0.1, 0.15) is 40.3 Å². The Morgan fingerprint density at radius 1 is 1.25 bits per heavy atom. The minimum Gasteiger partial charge on any atom is -0.322 e. The molecule has 1 aromatic carbocycles. The largest absolute Gasteiger partial charge is 0.322 e. The van der Waals surface area contributed by atoms with Gasteiger partial charge in [0.1, 0.15) is 0 Å². The summed E-state index contributed by atoms with van der Waals surface area (Å²) in [6, 6.07) is 6.82. The summed E-state index contributed by atoms with van der Waals surface area (Å²) in [5.74, 6) is -0.194. The molecule has 0 atom stereocenters. The summed E-state index contributed by atoms with van der Waals surface area (Å²) in [5, 5.41) is 6.94. The van der Waals surface area contributed by atoms with Crippen LogP contribution in [0.4, 0.5) is 5.69 Å². The van der Waals surface area contributed by atoms with Gasteiger partial charge in [-0.3, -0.25) is 14.3 Å². The van der Waals surface area contributed by atoms with Crippen LogP contribution in [0.2, 0.25) is 0 Å². The predicted octanol–water partition coefficient (Wildman–Crippen LogP) is 2.67. The first-order chi connectivity index (χ1) is 9.52. The maximum Gasteiger partial charge on any atom is 0.259 e. The predicted molar refractivity (Wildman–Crippen MR) is 77.0 cm³/mol. The fourth-order valence-corrected chi connectivity index (χ4v) is 1.97. The molecule has 0 spiro atoms. The standard InChI is InChI=1S/C15H17N3O2/c1-4-18-10(2)14(9-16-18)15(20)17-13-7-5-12(6-8-13)11(3)19/h5-9H,4H2,1-3H3,(H,17,20). The van der Waals surface area contributed by atoms with Crippen LogP contribution in [-0.4, -0.2) is 21.5 Å². The Bertz CT molecular complexity index is 642. The molecule has 104 valence electrons. The van der Waals surface area contributed by atoms with Gasteiger partial charge >= 0.3 is 0 Å². The molecule has 5 heteroatoms. The second-order valence-corrected chi connectivity index (χ2v) is 4.55. The van der Waals surface area contributed by atoms with E-state index in [2.05, 4.69) is 10.4 Å². The van der Waals surface area contributed by atoms with Gasteiger partial charge in [0.05, 0.1) is 11.8 Å². The van der Waals surface area contributed by atoms with E-state index < -0.39 is 0 Å². The summed E-state index contributed by atoms with van der Waals surface area (Å²) < 4.78 is 1.77. The van der Waals surface area contributed by atoms with Gasteiger partial charge in [-0.2, -0.15) is 5.10 Å². The number of nitrogens with one attached hydrogen (secondary N) is 1. The summed E-state index contributed by atoms with van der Waals surface area (Å²) in [5.41, 5.74) is 2.68. The Balaban J connectivity index is 2.14. The van der Waals surface area contributed by atoms with Crippen molar-refractivity contribution >= 4 is 17.4 Å². The summed E-state index contributed by atoms with van der Waals surface area (Å²) in [6.45, 7) is 6.08. The van der Waals surface area contributed by atoms with Crippen molar-refractivity contribution in [1.82, 2.24) is 9.78 Å². The highest BCUT2D eigenvalue weighted by Crippen LogP contribution is 2.13. The van der Waals surface area contributed by atoms with E-state index in [1.165, 1.54) is 6.92 Å². The molecule has 5 nitrogen and oxygen atoms in total. The van der Waals surface area contributed by atoms with Gasteiger partial charge in [-0.25, -0.2) is 0 Å². The molecule has 1 heterocycles. The van der Waals surface area contributed by atoms with Gasteiger partial charge in [0.2, 0.25) is 0 Å². The number of rotatable bonds is 4. The lowest BCUT2D eigenvalue weighted by molar-refractivity contribution is 0.101. The van der Waals surface area contributed by atoms with Crippen molar-refractivity contribution in [1.29, 1.82) is 0 Å². The molecule has 0 radical (unpaired) electrons. The van der Waals surface area contributed by atoms with Crippen LogP contribution in [0, 0.1) is 6.92 Å². The van der Waals surface area contributed by atoms with Crippen molar-refractivity contribution < 1.29 is 9.59 Å². The Morgan fingerprint density at radius 2 is 1.90 bits per heavy atom. The first kappa shape index (κ1) is 14.0. The van der Waals surface area contributed by atoms with Crippen molar-refractivity contribution in [2.45, 2.75) is 27.3 Å². The van der Waals surface area contributed by atoms with Crippen molar-refractivity contribution in [2.75, 3.05) is 5.32 Å². The van der Waals surface area contributed by atoms with Gasteiger partial charge in [0.15, 0.2) is 5.78 Å². The zero-order valence-corrected chi connectivity index (χ0v) is 11.8. The van der Waals surface area contributed by atoms with Gasteiger partial charge < -0.3 is 5.32 Å². The third-order valence-electron chi connectivity index (χ3n) is 3.20. The Morgan fingerprint density at radius 3 is 2.40 bits per heavy atom. The lowest BCUT2D eigenvalue weighted by Gasteiger charge is -2.06. The minimum absolute atomic E-state index is 0.00273. The molecule has 0 bridgehead atoms. The molecule has 1 N–H and O–H groups in total. The third-order valence-corrected chi connectivity index (χ3v) is 3.20. The molecule has 2 rings (SSSR count). The van der Waals surface area contributed by atoms with Gasteiger partial charge in [-0.15, -0.1) is 0 Å². The highest BCUT2D eigenvalue weighted by atomic mass is 16.1. The molecule has 2 aromatic rings. The monoisotopic (exact) mass is 271 g/mol. The fourth-order valence-electron chi connectivity index (χ4n) is 1.97. The third kappa shape index (κ3) is 2.77. The maximum atomic E-state index is 12.2. The number of carbonyl (C=O) groups is 2. The normalized spacial score (nSPS) is 10.3. The van der Waals surface area contributed by atoms with Crippen LogP contribution in [0.15, 0.2) is 30.5 Å². The van der Waals surface area contributed by atoms with E-state index in [4.69, 9.17) is 0 Å². The number of hydrogen-bond acceptors (Lipinski definition) is 3. The van der Waals surface area contributed by atoms with Gasteiger partial charge in [-0.1, -0.05) is 0 Å². The zero-order chi connectivity index (χ0) is 14.7. The van der Waals surface area contributed by atoms with E-state index >= 15 is 0 Å². The van der Waals surface area contributed by atoms with Crippen LogP contribution in [0.3, 0.4) is 0 Å². The molecule has 1 amide bonds. The molecule has 0 aliphatic rings. The zero-order valence-electron chi connectivity index (χ0n) is 11.8. The van der Waals surface area contributed by atoms with Crippen LogP contribution >= 0.6 is 0 Å². The number of nitrogens with zero attached hydrogens (tertiary/aromatic N) is 2. The minimum atomic E-state index is -0.197. The van der Waals surface area contributed by atoms with E-state index in [1.54, 1.807) is 35.1 Å². The van der Waals surface area contributed by atoms with E-state index in [0.29, 0.717) is 16.8 Å². The van der Waals surface area contributed by atoms with E-state index in [0.717, 1.165) is 12.2 Å². The SMILES string of the molecule is CCn1ncc(C(=O)Nc2ccc(C(C)=O)cc2)c1C. The molecule has 0 unspecified atom stereocenters. The van der Waals surface area contributed by atoms with E-state index in [-0.39, 0.29) is 11.7 Å². The number of aryl methyl sites for hydroxylation is 1. The summed E-state index contributed by atoms with van der Waals surface area (Å²) >= 11 is 0. The molecule has 0 aliphatic heterocycles. The smallest absolute Gasteiger partial charge is 0.259 e. The molecule has 0 saturated carbocycles. The summed E-state index contributed by atoms with van der Waals surface area (Å²) in [6.07, 6.45) is 1.57. The summed E-state index contributed by atoms with van der Waals surface area (Å²) in [7, 11) is 0. The highest BCUT2D eigenvalue weighted by Gasteiger charge is 2.13.